The van der Waals surface area contributed by atoms with Crippen molar-refractivity contribution < 1.29 is 15.1 Å². The second kappa shape index (κ2) is 7.63. The molecule has 1 aromatic carbocycles. The van der Waals surface area contributed by atoms with E-state index in [2.05, 4.69) is 34.1 Å². The highest BCUT2D eigenvalue weighted by Crippen LogP contribution is 2.24. The van der Waals surface area contributed by atoms with Gasteiger partial charge in [-0.3, -0.25) is 9.98 Å². The van der Waals surface area contributed by atoms with Gasteiger partial charge in [-0.25, -0.2) is 0 Å². The average Bonchev–Trinajstić information content (AvgIpc) is 2.64. The zero-order valence-corrected chi connectivity index (χ0v) is 14.7. The molecule has 0 atom stereocenters. The van der Waals surface area contributed by atoms with Crippen molar-refractivity contribution in [3.05, 3.63) is 47.3 Å². The number of anilines is 1. The molecule has 2 aromatic rings. The molecular weight excluding hydrogens is 316 g/mol. The van der Waals surface area contributed by atoms with Crippen LogP contribution in [0.4, 0.5) is 11.4 Å². The van der Waals surface area contributed by atoms with Gasteiger partial charge in [0.25, 0.3) is 0 Å². The van der Waals surface area contributed by atoms with E-state index in [1.165, 1.54) is 5.69 Å². The number of aromatic hydroxyl groups is 1. The van der Waals surface area contributed by atoms with Crippen molar-refractivity contribution in [1.29, 1.82) is 0 Å². The number of hydrogen-bond acceptors (Lipinski definition) is 5. The van der Waals surface area contributed by atoms with E-state index in [4.69, 9.17) is 0 Å². The molecule has 1 saturated heterocycles. The van der Waals surface area contributed by atoms with Crippen molar-refractivity contribution in [3.63, 3.8) is 0 Å². The fourth-order valence-corrected chi connectivity index (χ4v) is 2.96. The smallest absolute Gasteiger partial charge is 0.145 e. The molecule has 0 radical (unpaired) electrons. The Kier molecular flexibility index (Phi) is 5.31. The first-order valence-corrected chi connectivity index (χ1v) is 8.57. The molecule has 1 fully saturated rings. The summed E-state index contributed by atoms with van der Waals surface area (Å²) in [7, 11) is 2.23. The minimum absolute atomic E-state index is 0.0619. The summed E-state index contributed by atoms with van der Waals surface area (Å²) in [5, 5.41) is 19.6. The zero-order chi connectivity index (χ0) is 17.8. The number of aryl methyl sites for hydroxylation is 1. The molecule has 1 aliphatic rings. The number of aliphatic imine (C=N–C) groups is 1. The van der Waals surface area contributed by atoms with Crippen LogP contribution in [-0.2, 0) is 6.61 Å². The Morgan fingerprint density at radius 3 is 2.56 bits per heavy atom. The third-order valence-electron chi connectivity index (χ3n) is 4.70. The Morgan fingerprint density at radius 2 is 1.92 bits per heavy atom. The molecule has 6 nitrogen and oxygen atoms in total. The van der Waals surface area contributed by atoms with Crippen molar-refractivity contribution in [1.82, 2.24) is 4.98 Å². The summed E-state index contributed by atoms with van der Waals surface area (Å²) in [6, 6.07) is 8.11. The van der Waals surface area contributed by atoms with Crippen molar-refractivity contribution in [2.75, 3.05) is 38.1 Å². The van der Waals surface area contributed by atoms with Crippen LogP contribution in [0.15, 0.2) is 35.5 Å². The summed E-state index contributed by atoms with van der Waals surface area (Å²) in [6.07, 6.45) is 3.15. The van der Waals surface area contributed by atoms with Crippen LogP contribution in [0, 0.1) is 6.92 Å². The maximum atomic E-state index is 10.1. The molecule has 6 heteroatoms. The van der Waals surface area contributed by atoms with Crippen LogP contribution in [0.5, 0.6) is 5.75 Å². The summed E-state index contributed by atoms with van der Waals surface area (Å²) in [6.45, 7) is 5.98. The van der Waals surface area contributed by atoms with E-state index >= 15 is 0 Å². The Labute approximate surface area is 148 Å². The van der Waals surface area contributed by atoms with Gasteiger partial charge >= 0.3 is 0 Å². The molecule has 0 unspecified atom stereocenters. The molecule has 2 heterocycles. The maximum absolute atomic E-state index is 10.1. The molecule has 0 spiro atoms. The number of nitrogens with one attached hydrogen (secondary N) is 1. The standard InChI is InChI=1S/C19H24N4O2/c1-14-19(25)18(15(13-24)11-20-14)12-21-16-3-5-17(6-4-16)23-9-7-22(2)8-10-23/h3-6,11-12,24-25H,7-10,13H2,1-2H3/p+1. The lowest BCUT2D eigenvalue weighted by atomic mass is 10.1. The molecule has 0 saturated carbocycles. The number of benzene rings is 1. The lowest BCUT2D eigenvalue weighted by Gasteiger charge is -2.31. The number of aromatic nitrogens is 1. The van der Waals surface area contributed by atoms with E-state index in [-0.39, 0.29) is 12.4 Å². The Morgan fingerprint density at radius 1 is 1.24 bits per heavy atom. The van der Waals surface area contributed by atoms with Crippen LogP contribution in [0.25, 0.3) is 0 Å². The van der Waals surface area contributed by atoms with Gasteiger partial charge in [-0.15, -0.1) is 0 Å². The fourth-order valence-electron chi connectivity index (χ4n) is 2.96. The quantitative estimate of drug-likeness (QED) is 0.715. The number of hydrogen-bond donors (Lipinski definition) is 3. The largest absolute Gasteiger partial charge is 0.505 e. The molecule has 0 bridgehead atoms. The number of aliphatic hydroxyl groups excluding tert-OH is 1. The van der Waals surface area contributed by atoms with Gasteiger partial charge in [0.05, 0.1) is 51.2 Å². The van der Waals surface area contributed by atoms with Crippen molar-refractivity contribution in [3.8, 4) is 5.75 Å². The number of piperazine rings is 1. The van der Waals surface area contributed by atoms with Crippen molar-refractivity contribution >= 4 is 17.6 Å². The van der Waals surface area contributed by atoms with Gasteiger partial charge in [0.1, 0.15) is 5.75 Å². The molecule has 0 aliphatic carbocycles. The molecule has 3 rings (SSSR count). The lowest BCUT2D eigenvalue weighted by molar-refractivity contribution is -0.880. The Hall–Kier alpha value is -2.44. The zero-order valence-electron chi connectivity index (χ0n) is 14.7. The summed E-state index contributed by atoms with van der Waals surface area (Å²) >= 11 is 0. The molecule has 1 aromatic heterocycles. The van der Waals surface area contributed by atoms with Gasteiger partial charge in [0.15, 0.2) is 0 Å². The van der Waals surface area contributed by atoms with E-state index in [9.17, 15) is 10.2 Å². The number of nitrogens with zero attached hydrogens (tertiary/aromatic N) is 3. The predicted octanol–water partition coefficient (Wildman–Crippen LogP) is 0.673. The maximum Gasteiger partial charge on any atom is 0.145 e. The van der Waals surface area contributed by atoms with E-state index in [0.29, 0.717) is 16.8 Å². The van der Waals surface area contributed by atoms with Gasteiger partial charge in [-0.2, -0.15) is 0 Å². The molecular formula is C19H25N4O2+. The first-order valence-electron chi connectivity index (χ1n) is 8.57. The SMILES string of the molecule is Cc1ncc(CO)c(C=Nc2ccc(N3CC[NH+](C)CC3)cc2)c1O. The van der Waals surface area contributed by atoms with Crippen molar-refractivity contribution in [2.45, 2.75) is 13.5 Å². The third-order valence-corrected chi connectivity index (χ3v) is 4.70. The normalized spacial score (nSPS) is 15.9. The van der Waals surface area contributed by atoms with Gasteiger partial charge in [-0.1, -0.05) is 0 Å². The van der Waals surface area contributed by atoms with Crippen LogP contribution < -0.4 is 9.80 Å². The van der Waals surface area contributed by atoms with Crippen LogP contribution in [0.3, 0.4) is 0 Å². The number of rotatable bonds is 4. The second-order valence-electron chi connectivity index (χ2n) is 6.51. The molecule has 132 valence electrons. The number of likely N-dealkylation sites (N-methyl/N-ethyl adjacent to an activating group) is 1. The summed E-state index contributed by atoms with van der Waals surface area (Å²) in [5.74, 6) is 0.0619. The van der Waals surface area contributed by atoms with Gasteiger partial charge in [0, 0.05) is 29.2 Å². The second-order valence-corrected chi connectivity index (χ2v) is 6.51. The van der Waals surface area contributed by atoms with Crippen LogP contribution in [-0.4, -0.2) is 54.6 Å². The average molecular weight is 341 g/mol. The van der Waals surface area contributed by atoms with E-state index in [1.54, 1.807) is 24.2 Å². The molecule has 1 aliphatic heterocycles. The minimum atomic E-state index is -0.188. The van der Waals surface area contributed by atoms with Gasteiger partial charge in [0.2, 0.25) is 0 Å². The number of aliphatic hydroxyl groups is 1. The molecule has 0 amide bonds. The highest BCUT2D eigenvalue weighted by molar-refractivity contribution is 5.87. The van der Waals surface area contributed by atoms with E-state index in [1.807, 2.05) is 12.1 Å². The number of quaternary nitrogens is 1. The molecule has 25 heavy (non-hydrogen) atoms. The van der Waals surface area contributed by atoms with E-state index in [0.717, 1.165) is 31.9 Å². The lowest BCUT2D eigenvalue weighted by Crippen LogP contribution is -3.12. The van der Waals surface area contributed by atoms with Crippen molar-refractivity contribution in [2.24, 2.45) is 4.99 Å². The first kappa shape index (κ1) is 17.4. The summed E-state index contributed by atoms with van der Waals surface area (Å²) in [5.41, 5.74) is 3.61. The fraction of sp³-hybridized carbons (Fsp3) is 0.368. The Balaban J connectivity index is 1.76. The summed E-state index contributed by atoms with van der Waals surface area (Å²) < 4.78 is 0. The predicted molar refractivity (Wildman–Crippen MR) is 99.1 cm³/mol. The third kappa shape index (κ3) is 3.97. The molecule has 3 N–H and O–H groups in total. The minimum Gasteiger partial charge on any atom is -0.505 e. The van der Waals surface area contributed by atoms with Gasteiger partial charge in [-0.05, 0) is 31.2 Å². The van der Waals surface area contributed by atoms with Crippen LogP contribution >= 0.6 is 0 Å². The van der Waals surface area contributed by atoms with Gasteiger partial charge < -0.3 is 20.0 Å². The van der Waals surface area contributed by atoms with Crippen LogP contribution in [0.1, 0.15) is 16.8 Å². The highest BCUT2D eigenvalue weighted by Gasteiger charge is 2.16. The topological polar surface area (TPSA) is 73.4 Å². The van der Waals surface area contributed by atoms with E-state index < -0.39 is 0 Å². The number of pyridine rings is 1. The Bertz CT molecular complexity index is 751. The highest BCUT2D eigenvalue weighted by atomic mass is 16.3. The first-order chi connectivity index (χ1) is 12.1. The van der Waals surface area contributed by atoms with Crippen LogP contribution in [0.2, 0.25) is 0 Å². The monoisotopic (exact) mass is 341 g/mol. The summed E-state index contributed by atoms with van der Waals surface area (Å²) in [4.78, 5) is 12.5.